The molecule has 0 aromatic heterocycles. The minimum Gasteiger partial charge on any atom is -0.462 e. The molecular formula is C13H12O2. The lowest BCUT2D eigenvalue weighted by molar-refractivity contribution is -0.114. The van der Waals surface area contributed by atoms with Crippen molar-refractivity contribution >= 4 is 11.5 Å². The lowest BCUT2D eigenvalue weighted by atomic mass is 10.2. The van der Waals surface area contributed by atoms with Gasteiger partial charge in [-0.15, -0.1) is 0 Å². The molecule has 0 aliphatic heterocycles. The summed E-state index contributed by atoms with van der Waals surface area (Å²) in [5.41, 5.74) is 0.942. The first-order valence-corrected chi connectivity index (χ1v) is 4.91. The number of allylic oxidation sites excluding steroid dienone is 2. The van der Waals surface area contributed by atoms with Gasteiger partial charge >= 0.3 is 0 Å². The Bertz CT molecular complexity index is 415. The molecule has 0 heterocycles. The Morgan fingerprint density at radius 1 is 1.20 bits per heavy atom. The molecule has 0 radical (unpaired) electrons. The van der Waals surface area contributed by atoms with E-state index in [1.165, 1.54) is 0 Å². The molecule has 2 nitrogen and oxygen atoms in total. The van der Waals surface area contributed by atoms with E-state index in [0.717, 1.165) is 5.56 Å². The van der Waals surface area contributed by atoms with E-state index in [4.69, 9.17) is 4.74 Å². The lowest BCUT2D eigenvalue weighted by Crippen LogP contribution is -1.89. The van der Waals surface area contributed by atoms with E-state index in [9.17, 15) is 4.79 Å². The largest absolute Gasteiger partial charge is 0.462 e. The van der Waals surface area contributed by atoms with Gasteiger partial charge in [0.2, 0.25) is 0 Å². The van der Waals surface area contributed by atoms with E-state index in [1.807, 2.05) is 30.3 Å². The Morgan fingerprint density at radius 2 is 1.93 bits per heavy atom. The number of hydrogen-bond acceptors (Lipinski definition) is 2. The zero-order valence-electron chi connectivity index (χ0n) is 8.40. The van der Waals surface area contributed by atoms with Gasteiger partial charge in [0, 0.05) is 24.5 Å². The number of ketones is 1. The van der Waals surface area contributed by atoms with Gasteiger partial charge in [0.15, 0.2) is 5.78 Å². The molecule has 2 heteroatoms. The van der Waals surface area contributed by atoms with Crippen LogP contribution in [0, 0.1) is 0 Å². The maximum absolute atomic E-state index is 11.0. The summed E-state index contributed by atoms with van der Waals surface area (Å²) in [5, 5.41) is 0. The van der Waals surface area contributed by atoms with Crippen LogP contribution in [-0.2, 0) is 9.53 Å². The zero-order valence-corrected chi connectivity index (χ0v) is 8.40. The molecule has 1 aliphatic carbocycles. The minimum absolute atomic E-state index is 0.130. The number of ether oxygens (including phenoxy) is 1. The van der Waals surface area contributed by atoms with Crippen molar-refractivity contribution in [2.75, 3.05) is 0 Å². The summed E-state index contributed by atoms with van der Waals surface area (Å²) in [7, 11) is 0. The van der Waals surface area contributed by atoms with Crippen molar-refractivity contribution in [3.05, 3.63) is 54.3 Å². The van der Waals surface area contributed by atoms with Crippen molar-refractivity contribution < 1.29 is 9.53 Å². The van der Waals surface area contributed by atoms with Crippen molar-refractivity contribution in [1.29, 1.82) is 0 Å². The van der Waals surface area contributed by atoms with Crippen molar-refractivity contribution in [3.8, 4) is 0 Å². The quantitative estimate of drug-likeness (QED) is 0.701. The van der Waals surface area contributed by atoms with Gasteiger partial charge in [-0.25, -0.2) is 0 Å². The molecule has 0 atom stereocenters. The average molecular weight is 200 g/mol. The molecule has 1 aliphatic rings. The van der Waals surface area contributed by atoms with Crippen LogP contribution >= 0.6 is 0 Å². The highest BCUT2D eigenvalue weighted by Crippen LogP contribution is 2.23. The van der Waals surface area contributed by atoms with Crippen molar-refractivity contribution in [3.63, 3.8) is 0 Å². The molecule has 0 amide bonds. The molecule has 0 fully saturated rings. The lowest BCUT2D eigenvalue weighted by Gasteiger charge is -2.08. The number of hydrogen-bond donors (Lipinski definition) is 0. The van der Waals surface area contributed by atoms with Gasteiger partial charge in [-0.05, 0) is 0 Å². The fourth-order valence-electron chi connectivity index (χ4n) is 1.49. The summed E-state index contributed by atoms with van der Waals surface area (Å²) < 4.78 is 5.51. The molecule has 0 saturated carbocycles. The topological polar surface area (TPSA) is 26.3 Å². The smallest absolute Gasteiger partial charge is 0.159 e. The van der Waals surface area contributed by atoms with Crippen molar-refractivity contribution in [2.24, 2.45) is 0 Å². The monoisotopic (exact) mass is 200 g/mol. The second-order valence-electron chi connectivity index (χ2n) is 3.47. The van der Waals surface area contributed by atoms with Crippen LogP contribution in [0.25, 0.3) is 5.76 Å². The van der Waals surface area contributed by atoms with Crippen LogP contribution in [0.15, 0.2) is 48.7 Å². The highest BCUT2D eigenvalue weighted by molar-refractivity contribution is 5.92. The van der Waals surface area contributed by atoms with Gasteiger partial charge in [-0.3, -0.25) is 4.79 Å². The molecule has 2 rings (SSSR count). The van der Waals surface area contributed by atoms with Crippen LogP contribution in [0.1, 0.15) is 18.4 Å². The number of benzene rings is 1. The summed E-state index contributed by atoms with van der Waals surface area (Å²) in [6.07, 6.45) is 2.79. The van der Waals surface area contributed by atoms with Crippen LogP contribution in [0.5, 0.6) is 0 Å². The first kappa shape index (κ1) is 9.71. The van der Waals surface area contributed by atoms with Gasteiger partial charge in [0.05, 0.1) is 0 Å². The van der Waals surface area contributed by atoms with E-state index in [2.05, 4.69) is 6.58 Å². The van der Waals surface area contributed by atoms with Gasteiger partial charge in [0.1, 0.15) is 11.5 Å². The highest BCUT2D eigenvalue weighted by Gasteiger charge is 2.14. The van der Waals surface area contributed by atoms with E-state index in [-0.39, 0.29) is 5.78 Å². The molecule has 0 bridgehead atoms. The summed E-state index contributed by atoms with van der Waals surface area (Å²) in [6, 6.07) is 9.66. The predicted molar refractivity (Wildman–Crippen MR) is 58.9 cm³/mol. The molecule has 76 valence electrons. The SMILES string of the molecule is C=C(OC1=CC(=O)CC1)c1ccccc1. The fraction of sp³-hybridized carbons (Fsp3) is 0.154. The molecule has 0 unspecified atom stereocenters. The van der Waals surface area contributed by atoms with Crippen LogP contribution < -0.4 is 0 Å². The highest BCUT2D eigenvalue weighted by atomic mass is 16.5. The van der Waals surface area contributed by atoms with Gasteiger partial charge < -0.3 is 4.74 Å². The second kappa shape index (κ2) is 4.13. The number of carbonyl (C=O) groups excluding carboxylic acids is 1. The van der Waals surface area contributed by atoms with E-state index >= 15 is 0 Å². The third-order valence-electron chi connectivity index (χ3n) is 2.29. The molecule has 15 heavy (non-hydrogen) atoms. The summed E-state index contributed by atoms with van der Waals surface area (Å²) >= 11 is 0. The normalized spacial score (nSPS) is 14.9. The fourth-order valence-corrected chi connectivity index (χ4v) is 1.49. The maximum atomic E-state index is 11.0. The standard InChI is InChI=1S/C13H12O2/c1-10(11-5-3-2-4-6-11)15-13-8-7-12(14)9-13/h2-6,9H,1,7-8H2. The van der Waals surface area contributed by atoms with Gasteiger partial charge in [-0.1, -0.05) is 36.9 Å². The van der Waals surface area contributed by atoms with E-state index in [1.54, 1.807) is 6.08 Å². The second-order valence-corrected chi connectivity index (χ2v) is 3.47. The van der Waals surface area contributed by atoms with Crippen LogP contribution in [0.2, 0.25) is 0 Å². The molecular weight excluding hydrogens is 188 g/mol. The van der Waals surface area contributed by atoms with E-state index < -0.39 is 0 Å². The number of carbonyl (C=O) groups is 1. The first-order chi connectivity index (χ1) is 7.25. The first-order valence-electron chi connectivity index (χ1n) is 4.91. The van der Waals surface area contributed by atoms with E-state index in [0.29, 0.717) is 24.4 Å². The molecule has 0 saturated heterocycles. The average Bonchev–Trinajstić information content (AvgIpc) is 2.65. The molecule has 1 aromatic carbocycles. The zero-order chi connectivity index (χ0) is 10.7. The van der Waals surface area contributed by atoms with Gasteiger partial charge in [-0.2, -0.15) is 0 Å². The predicted octanol–water partition coefficient (Wildman–Crippen LogP) is 2.92. The summed E-state index contributed by atoms with van der Waals surface area (Å²) in [6.45, 7) is 3.84. The Kier molecular flexibility index (Phi) is 2.68. The van der Waals surface area contributed by atoms with Crippen LogP contribution in [0.4, 0.5) is 0 Å². The van der Waals surface area contributed by atoms with Crippen LogP contribution in [-0.4, -0.2) is 5.78 Å². The third-order valence-corrected chi connectivity index (χ3v) is 2.29. The molecule has 0 N–H and O–H groups in total. The molecule has 1 aromatic rings. The number of rotatable bonds is 3. The third kappa shape index (κ3) is 2.34. The Labute approximate surface area is 88.9 Å². The Morgan fingerprint density at radius 3 is 2.53 bits per heavy atom. The summed E-state index contributed by atoms with van der Waals surface area (Å²) in [4.78, 5) is 11.0. The summed E-state index contributed by atoms with van der Waals surface area (Å²) in [5.74, 6) is 1.44. The Hall–Kier alpha value is -1.83. The van der Waals surface area contributed by atoms with Gasteiger partial charge in [0.25, 0.3) is 0 Å². The van der Waals surface area contributed by atoms with Crippen molar-refractivity contribution in [2.45, 2.75) is 12.8 Å². The Balaban J connectivity index is 2.05. The molecule has 0 spiro atoms. The van der Waals surface area contributed by atoms with Crippen LogP contribution in [0.3, 0.4) is 0 Å². The minimum atomic E-state index is 0.130. The maximum Gasteiger partial charge on any atom is 0.159 e. The van der Waals surface area contributed by atoms with Crippen molar-refractivity contribution in [1.82, 2.24) is 0 Å².